The molecule has 0 radical (unpaired) electrons. The Bertz CT molecular complexity index is 831. The van der Waals surface area contributed by atoms with Gasteiger partial charge in [-0.1, -0.05) is 18.1 Å². The van der Waals surface area contributed by atoms with Crippen molar-refractivity contribution in [3.05, 3.63) is 41.5 Å². The SMILES string of the molecule is O=C1CN1C#CC#CC#CC#CC#CC=C1C=C[N-]C=C1. The normalized spacial score (nSPS) is 12.5. The third kappa shape index (κ3) is 5.64. The van der Waals surface area contributed by atoms with Crippen LogP contribution in [0.2, 0.25) is 0 Å². The van der Waals surface area contributed by atoms with Crippen LogP contribution in [0.25, 0.3) is 5.32 Å². The number of carbonyl (C=O) groups excluding carboxylic acids is 1. The summed E-state index contributed by atoms with van der Waals surface area (Å²) in [6.07, 6.45) is 8.84. The Morgan fingerprint density at radius 1 is 0.952 bits per heavy atom. The molecule has 1 fully saturated rings. The van der Waals surface area contributed by atoms with E-state index < -0.39 is 0 Å². The Hall–Kier alpha value is -3.71. The fraction of sp³-hybridized carbons (Fsp3) is 0.0556. The second-order valence-electron chi connectivity index (χ2n) is 3.66. The zero-order chi connectivity index (χ0) is 14.8. The highest BCUT2D eigenvalue weighted by Crippen LogP contribution is 2.08. The van der Waals surface area contributed by atoms with Crippen molar-refractivity contribution in [3.8, 4) is 59.3 Å². The molecule has 2 aliphatic rings. The van der Waals surface area contributed by atoms with E-state index in [1.54, 1.807) is 18.5 Å². The van der Waals surface area contributed by atoms with E-state index in [-0.39, 0.29) is 5.91 Å². The molecule has 3 nitrogen and oxygen atoms in total. The minimum Gasteiger partial charge on any atom is -0.670 e. The molecule has 0 unspecified atom stereocenters. The van der Waals surface area contributed by atoms with Crippen molar-refractivity contribution in [3.63, 3.8) is 0 Å². The van der Waals surface area contributed by atoms with Gasteiger partial charge in [-0.2, -0.15) is 12.4 Å². The van der Waals surface area contributed by atoms with Crippen molar-refractivity contribution >= 4 is 5.91 Å². The molecule has 0 spiro atoms. The predicted octanol–water partition coefficient (Wildman–Crippen LogP) is 1.14. The molecule has 2 heterocycles. The largest absolute Gasteiger partial charge is 0.670 e. The molecule has 0 aromatic heterocycles. The van der Waals surface area contributed by atoms with Gasteiger partial charge in [0, 0.05) is 29.7 Å². The monoisotopic (exact) mass is 267 g/mol. The van der Waals surface area contributed by atoms with Crippen LogP contribution in [-0.4, -0.2) is 17.4 Å². The smallest absolute Gasteiger partial charge is 0.255 e. The molecule has 0 N–H and O–H groups in total. The van der Waals surface area contributed by atoms with Crippen LogP contribution in [0, 0.1) is 59.3 Å². The van der Waals surface area contributed by atoms with Gasteiger partial charge >= 0.3 is 0 Å². The number of nitrogens with zero attached hydrogens (tertiary/aromatic N) is 2. The first-order valence-corrected chi connectivity index (χ1v) is 5.91. The fourth-order valence-corrected chi connectivity index (χ4v) is 1.10. The average Bonchev–Trinajstić information content (AvgIpc) is 3.21. The number of allylic oxidation sites excluding steroid dienone is 4. The van der Waals surface area contributed by atoms with Gasteiger partial charge in [0.15, 0.2) is 0 Å². The summed E-state index contributed by atoms with van der Waals surface area (Å²) in [6, 6.07) is 2.57. The Morgan fingerprint density at radius 3 is 2.14 bits per heavy atom. The highest BCUT2D eigenvalue weighted by molar-refractivity contribution is 5.94. The van der Waals surface area contributed by atoms with Crippen molar-refractivity contribution in [2.75, 3.05) is 6.54 Å². The molecule has 2 aliphatic heterocycles. The second kappa shape index (κ2) is 7.67. The summed E-state index contributed by atoms with van der Waals surface area (Å²) in [7, 11) is 0. The molecule has 1 saturated heterocycles. The summed E-state index contributed by atoms with van der Waals surface area (Å²) in [6.45, 7) is 0.390. The molecule has 1 amide bonds. The first-order valence-electron chi connectivity index (χ1n) is 5.91. The van der Waals surface area contributed by atoms with E-state index in [0.717, 1.165) is 5.57 Å². The van der Waals surface area contributed by atoms with E-state index in [1.165, 1.54) is 4.90 Å². The van der Waals surface area contributed by atoms with Crippen molar-refractivity contribution in [2.24, 2.45) is 0 Å². The van der Waals surface area contributed by atoms with Gasteiger partial charge in [-0.3, -0.25) is 9.69 Å². The van der Waals surface area contributed by atoms with E-state index in [4.69, 9.17) is 0 Å². The molecule has 0 atom stereocenters. The van der Waals surface area contributed by atoms with Gasteiger partial charge in [0.2, 0.25) is 0 Å². The lowest BCUT2D eigenvalue weighted by Gasteiger charge is -2.11. The maximum absolute atomic E-state index is 10.6. The summed E-state index contributed by atoms with van der Waals surface area (Å²) in [5.74, 6) is 23.2. The summed E-state index contributed by atoms with van der Waals surface area (Å²) in [5.41, 5.74) is 0.972. The Labute approximate surface area is 123 Å². The predicted molar refractivity (Wildman–Crippen MR) is 80.3 cm³/mol. The lowest BCUT2D eigenvalue weighted by Crippen LogP contribution is -1.82. The highest BCUT2D eigenvalue weighted by atomic mass is 16.2. The number of amides is 1. The molecule has 0 saturated carbocycles. The second-order valence-corrected chi connectivity index (χ2v) is 3.66. The first-order chi connectivity index (χ1) is 10.4. The van der Waals surface area contributed by atoms with Crippen LogP contribution in [0.4, 0.5) is 0 Å². The summed E-state index contributed by atoms with van der Waals surface area (Å²) >= 11 is 0. The summed E-state index contributed by atoms with van der Waals surface area (Å²) < 4.78 is 0. The Morgan fingerprint density at radius 2 is 1.52 bits per heavy atom. The van der Waals surface area contributed by atoms with Crippen molar-refractivity contribution in [1.82, 2.24) is 4.90 Å². The molecule has 2 rings (SSSR count). The zero-order valence-corrected chi connectivity index (χ0v) is 10.9. The van der Waals surface area contributed by atoms with Crippen LogP contribution < -0.4 is 0 Å². The van der Waals surface area contributed by atoms with Gasteiger partial charge in [0.1, 0.15) is 6.54 Å². The van der Waals surface area contributed by atoms with Gasteiger partial charge < -0.3 is 5.32 Å². The van der Waals surface area contributed by atoms with E-state index in [1.807, 2.05) is 12.2 Å². The summed E-state index contributed by atoms with van der Waals surface area (Å²) in [5, 5.41) is 3.91. The quantitative estimate of drug-likeness (QED) is 0.479. The van der Waals surface area contributed by atoms with Gasteiger partial charge in [-0.15, -0.1) is 0 Å². The molecular formula is C18H7N2O-. The van der Waals surface area contributed by atoms with Crippen LogP contribution in [0.5, 0.6) is 0 Å². The molecular weight excluding hydrogens is 260 g/mol. The molecule has 0 aromatic rings. The number of hydrogen-bond acceptors (Lipinski definition) is 1. The van der Waals surface area contributed by atoms with Crippen LogP contribution in [0.3, 0.4) is 0 Å². The average molecular weight is 267 g/mol. The minimum atomic E-state index is 0.0170. The van der Waals surface area contributed by atoms with Crippen molar-refractivity contribution in [1.29, 1.82) is 0 Å². The molecule has 0 aromatic carbocycles. The van der Waals surface area contributed by atoms with E-state index in [9.17, 15) is 4.79 Å². The van der Waals surface area contributed by atoms with Crippen LogP contribution in [-0.2, 0) is 4.79 Å². The lowest BCUT2D eigenvalue weighted by molar-refractivity contribution is -0.112. The number of carbonyl (C=O) groups is 1. The molecule has 0 aliphatic carbocycles. The van der Waals surface area contributed by atoms with Gasteiger partial charge in [0.25, 0.3) is 5.91 Å². The topological polar surface area (TPSA) is 34.2 Å². The first kappa shape index (κ1) is 13.7. The van der Waals surface area contributed by atoms with Crippen molar-refractivity contribution in [2.45, 2.75) is 0 Å². The summed E-state index contributed by atoms with van der Waals surface area (Å²) in [4.78, 5) is 12.0. The van der Waals surface area contributed by atoms with Gasteiger partial charge in [-0.05, 0) is 35.3 Å². The minimum absolute atomic E-state index is 0.0170. The third-order valence-electron chi connectivity index (χ3n) is 2.14. The molecule has 0 bridgehead atoms. The highest BCUT2D eigenvalue weighted by Gasteiger charge is 2.27. The van der Waals surface area contributed by atoms with Crippen LogP contribution >= 0.6 is 0 Å². The Balaban J connectivity index is 1.78. The van der Waals surface area contributed by atoms with Gasteiger partial charge in [-0.25, -0.2) is 0 Å². The molecule has 96 valence electrons. The standard InChI is InChI=1S/C18H7N2O/c21-18-16-20(18)15-9-7-5-3-1-2-4-6-8-10-17-11-13-19-14-12-17/h10-14H,16H2/q-1. The fourth-order valence-electron chi connectivity index (χ4n) is 1.10. The number of rotatable bonds is 0. The maximum Gasteiger partial charge on any atom is 0.255 e. The molecule has 21 heavy (non-hydrogen) atoms. The van der Waals surface area contributed by atoms with E-state index in [2.05, 4.69) is 64.6 Å². The van der Waals surface area contributed by atoms with E-state index >= 15 is 0 Å². The third-order valence-corrected chi connectivity index (χ3v) is 2.14. The van der Waals surface area contributed by atoms with Crippen molar-refractivity contribution < 1.29 is 4.79 Å². The molecule has 3 heteroatoms. The zero-order valence-electron chi connectivity index (χ0n) is 10.9. The van der Waals surface area contributed by atoms with Crippen LogP contribution in [0.1, 0.15) is 0 Å². The van der Waals surface area contributed by atoms with E-state index in [0.29, 0.717) is 6.54 Å². The maximum atomic E-state index is 10.6. The van der Waals surface area contributed by atoms with Gasteiger partial charge in [0.05, 0.1) is 0 Å². The van der Waals surface area contributed by atoms with Crippen LogP contribution in [0.15, 0.2) is 36.2 Å². The number of hydrogen-bond donors (Lipinski definition) is 0. The Kier molecular flexibility index (Phi) is 5.01. The lowest BCUT2D eigenvalue weighted by atomic mass is 10.2.